The first-order valence-corrected chi connectivity index (χ1v) is 4.59. The summed E-state index contributed by atoms with van der Waals surface area (Å²) in [6.45, 7) is 6.45. The summed E-state index contributed by atoms with van der Waals surface area (Å²) in [5, 5.41) is 0. The van der Waals surface area contributed by atoms with E-state index in [0.29, 0.717) is 12.0 Å². The zero-order chi connectivity index (χ0) is 9.56. The zero-order valence-electron chi connectivity index (χ0n) is 8.63. The van der Waals surface area contributed by atoms with Crippen LogP contribution in [0.2, 0.25) is 0 Å². The van der Waals surface area contributed by atoms with E-state index in [1.54, 1.807) is 7.11 Å². The van der Waals surface area contributed by atoms with E-state index in [2.05, 4.69) is 26.2 Å². The van der Waals surface area contributed by atoms with E-state index in [-0.39, 0.29) is 6.10 Å². The van der Waals surface area contributed by atoms with E-state index >= 15 is 0 Å². The van der Waals surface area contributed by atoms with Crippen molar-refractivity contribution in [1.29, 1.82) is 0 Å². The van der Waals surface area contributed by atoms with Gasteiger partial charge in [-0.2, -0.15) is 0 Å². The SMILES string of the molecule is COC(C)CC(CC(C)C)NN. The summed E-state index contributed by atoms with van der Waals surface area (Å²) in [6, 6.07) is 0.375. The Balaban J connectivity index is 3.66. The molecule has 0 radical (unpaired) electrons. The van der Waals surface area contributed by atoms with Crippen LogP contribution in [0.1, 0.15) is 33.6 Å². The standard InChI is InChI=1S/C9H22N2O/c1-7(2)5-9(11-10)6-8(3)12-4/h7-9,11H,5-6,10H2,1-4H3. The highest BCUT2D eigenvalue weighted by atomic mass is 16.5. The third kappa shape index (κ3) is 5.52. The Morgan fingerprint density at radius 1 is 1.25 bits per heavy atom. The van der Waals surface area contributed by atoms with E-state index in [0.717, 1.165) is 12.8 Å². The molecule has 3 nitrogen and oxygen atoms in total. The highest BCUT2D eigenvalue weighted by molar-refractivity contribution is 4.68. The van der Waals surface area contributed by atoms with Crippen molar-refractivity contribution in [3.05, 3.63) is 0 Å². The average Bonchev–Trinajstić information content (AvgIpc) is 2.02. The van der Waals surface area contributed by atoms with Crippen molar-refractivity contribution < 1.29 is 4.74 Å². The molecular weight excluding hydrogens is 152 g/mol. The van der Waals surface area contributed by atoms with Crippen LogP contribution in [-0.4, -0.2) is 19.3 Å². The lowest BCUT2D eigenvalue weighted by atomic mass is 10.00. The second-order valence-electron chi connectivity index (χ2n) is 3.78. The average molecular weight is 174 g/mol. The Hall–Kier alpha value is -0.120. The first-order chi connectivity index (χ1) is 5.60. The van der Waals surface area contributed by atoms with Crippen molar-refractivity contribution in [3.8, 4) is 0 Å². The molecule has 2 unspecified atom stereocenters. The van der Waals surface area contributed by atoms with Crippen molar-refractivity contribution in [3.63, 3.8) is 0 Å². The second-order valence-corrected chi connectivity index (χ2v) is 3.78. The maximum atomic E-state index is 5.42. The third-order valence-corrected chi connectivity index (χ3v) is 2.01. The molecule has 0 aliphatic heterocycles. The van der Waals surface area contributed by atoms with Crippen LogP contribution in [0.4, 0.5) is 0 Å². The van der Waals surface area contributed by atoms with Gasteiger partial charge in [0.05, 0.1) is 6.10 Å². The number of hydrogen-bond donors (Lipinski definition) is 2. The Kier molecular flexibility index (Phi) is 6.34. The first-order valence-electron chi connectivity index (χ1n) is 4.59. The molecule has 0 aromatic carbocycles. The predicted molar refractivity (Wildman–Crippen MR) is 51.7 cm³/mol. The Labute approximate surface area is 75.6 Å². The van der Waals surface area contributed by atoms with Crippen LogP contribution in [-0.2, 0) is 4.74 Å². The molecule has 0 bridgehead atoms. The molecule has 3 heteroatoms. The van der Waals surface area contributed by atoms with Gasteiger partial charge in [0.1, 0.15) is 0 Å². The summed E-state index contributed by atoms with van der Waals surface area (Å²) in [4.78, 5) is 0. The molecule has 0 aromatic heterocycles. The van der Waals surface area contributed by atoms with Crippen LogP contribution in [0.25, 0.3) is 0 Å². The van der Waals surface area contributed by atoms with Gasteiger partial charge in [-0.1, -0.05) is 13.8 Å². The second kappa shape index (κ2) is 6.40. The van der Waals surface area contributed by atoms with Crippen LogP contribution < -0.4 is 11.3 Å². The van der Waals surface area contributed by atoms with Crippen molar-refractivity contribution in [2.75, 3.05) is 7.11 Å². The van der Waals surface area contributed by atoms with Gasteiger partial charge in [-0.3, -0.25) is 11.3 Å². The van der Waals surface area contributed by atoms with Crippen molar-refractivity contribution in [1.82, 2.24) is 5.43 Å². The summed E-state index contributed by atoms with van der Waals surface area (Å²) in [7, 11) is 1.73. The minimum Gasteiger partial charge on any atom is -0.382 e. The summed E-state index contributed by atoms with van der Waals surface area (Å²) in [5.41, 5.74) is 2.82. The van der Waals surface area contributed by atoms with Crippen molar-refractivity contribution in [2.24, 2.45) is 11.8 Å². The summed E-state index contributed by atoms with van der Waals surface area (Å²) >= 11 is 0. The number of hydrazine groups is 1. The maximum Gasteiger partial charge on any atom is 0.0558 e. The fourth-order valence-electron chi connectivity index (χ4n) is 1.30. The largest absolute Gasteiger partial charge is 0.382 e. The predicted octanol–water partition coefficient (Wildman–Crippen LogP) is 1.29. The molecule has 0 rings (SSSR count). The Morgan fingerprint density at radius 2 is 1.83 bits per heavy atom. The number of methoxy groups -OCH3 is 1. The number of nitrogens with two attached hydrogens (primary N) is 1. The molecule has 0 spiro atoms. The first kappa shape index (κ1) is 11.9. The Morgan fingerprint density at radius 3 is 2.17 bits per heavy atom. The van der Waals surface area contributed by atoms with Crippen molar-refractivity contribution in [2.45, 2.75) is 45.8 Å². The van der Waals surface area contributed by atoms with E-state index in [1.807, 2.05) is 0 Å². The lowest BCUT2D eigenvalue weighted by Crippen LogP contribution is -2.38. The molecule has 0 amide bonds. The molecular formula is C9H22N2O. The molecule has 0 saturated heterocycles. The van der Waals surface area contributed by atoms with Gasteiger partial charge in [0, 0.05) is 13.2 Å². The normalized spacial score (nSPS) is 16.5. The van der Waals surface area contributed by atoms with Gasteiger partial charge in [0.15, 0.2) is 0 Å². The van der Waals surface area contributed by atoms with Crippen LogP contribution in [0, 0.1) is 5.92 Å². The van der Waals surface area contributed by atoms with Crippen LogP contribution in [0.5, 0.6) is 0 Å². The molecule has 74 valence electrons. The van der Waals surface area contributed by atoms with E-state index < -0.39 is 0 Å². The molecule has 0 aromatic rings. The lowest BCUT2D eigenvalue weighted by molar-refractivity contribution is 0.0976. The van der Waals surface area contributed by atoms with Gasteiger partial charge >= 0.3 is 0 Å². The molecule has 0 aliphatic carbocycles. The van der Waals surface area contributed by atoms with Crippen LogP contribution in [0.15, 0.2) is 0 Å². The molecule has 0 saturated carbocycles. The maximum absolute atomic E-state index is 5.42. The number of hydrogen-bond acceptors (Lipinski definition) is 3. The van der Waals surface area contributed by atoms with Crippen LogP contribution >= 0.6 is 0 Å². The van der Waals surface area contributed by atoms with Gasteiger partial charge in [-0.05, 0) is 25.7 Å². The van der Waals surface area contributed by atoms with E-state index in [9.17, 15) is 0 Å². The summed E-state index contributed by atoms with van der Waals surface area (Å²) < 4.78 is 5.17. The zero-order valence-corrected chi connectivity index (χ0v) is 8.63. The van der Waals surface area contributed by atoms with E-state index in [4.69, 9.17) is 10.6 Å². The summed E-state index contributed by atoms with van der Waals surface area (Å²) in [5.74, 6) is 6.09. The number of nitrogens with one attached hydrogen (secondary N) is 1. The van der Waals surface area contributed by atoms with Gasteiger partial charge in [-0.25, -0.2) is 0 Å². The lowest BCUT2D eigenvalue weighted by Gasteiger charge is -2.20. The van der Waals surface area contributed by atoms with Crippen molar-refractivity contribution >= 4 is 0 Å². The minimum absolute atomic E-state index is 0.282. The number of rotatable bonds is 6. The molecule has 0 fully saturated rings. The van der Waals surface area contributed by atoms with E-state index in [1.165, 1.54) is 0 Å². The molecule has 2 atom stereocenters. The highest BCUT2D eigenvalue weighted by Crippen LogP contribution is 2.10. The van der Waals surface area contributed by atoms with Gasteiger partial charge in [0.2, 0.25) is 0 Å². The minimum atomic E-state index is 0.282. The molecule has 3 N–H and O–H groups in total. The smallest absolute Gasteiger partial charge is 0.0558 e. The quantitative estimate of drug-likeness (QED) is 0.471. The van der Waals surface area contributed by atoms with Gasteiger partial charge < -0.3 is 4.74 Å². The number of ether oxygens (including phenoxy) is 1. The summed E-state index contributed by atoms with van der Waals surface area (Å²) in [6.07, 6.45) is 2.36. The molecule has 12 heavy (non-hydrogen) atoms. The highest BCUT2D eigenvalue weighted by Gasteiger charge is 2.12. The third-order valence-electron chi connectivity index (χ3n) is 2.01. The fourth-order valence-corrected chi connectivity index (χ4v) is 1.30. The fraction of sp³-hybridized carbons (Fsp3) is 1.00. The Bertz CT molecular complexity index is 107. The van der Waals surface area contributed by atoms with Gasteiger partial charge in [-0.15, -0.1) is 0 Å². The topological polar surface area (TPSA) is 47.3 Å². The molecule has 0 heterocycles. The monoisotopic (exact) mass is 174 g/mol. The van der Waals surface area contributed by atoms with Crippen LogP contribution in [0.3, 0.4) is 0 Å². The van der Waals surface area contributed by atoms with Gasteiger partial charge in [0.25, 0.3) is 0 Å². The molecule has 0 aliphatic rings.